The van der Waals surface area contributed by atoms with Crippen LogP contribution in [0.25, 0.3) is 6.08 Å². The number of carbonyl (C=O) groups excluding carboxylic acids is 2. The molecule has 8 nitrogen and oxygen atoms in total. The minimum atomic E-state index is -0.409. The molecular formula is C34H30N4O4S. The summed E-state index contributed by atoms with van der Waals surface area (Å²) in [5, 5.41) is 11.0. The Balaban J connectivity index is 1.24. The highest BCUT2D eigenvalue weighted by Gasteiger charge is 2.31. The average molecular weight is 591 g/mol. The maximum atomic E-state index is 13.9. The summed E-state index contributed by atoms with van der Waals surface area (Å²) in [6.45, 7) is 4.72. The number of nitro benzene ring substituents is 1. The van der Waals surface area contributed by atoms with Crippen molar-refractivity contribution in [1.29, 1.82) is 0 Å². The first-order valence-corrected chi connectivity index (χ1v) is 14.9. The van der Waals surface area contributed by atoms with Gasteiger partial charge in [-0.1, -0.05) is 71.9 Å². The maximum absolute atomic E-state index is 13.9. The van der Waals surface area contributed by atoms with Crippen LogP contribution >= 0.6 is 11.8 Å². The van der Waals surface area contributed by atoms with Crippen LogP contribution in [0.1, 0.15) is 27.0 Å². The zero-order valence-corrected chi connectivity index (χ0v) is 24.5. The predicted octanol–water partition coefficient (Wildman–Crippen LogP) is 6.55. The molecule has 0 radical (unpaired) electrons. The molecule has 4 aromatic carbocycles. The summed E-state index contributed by atoms with van der Waals surface area (Å²) >= 11 is 1.43. The fourth-order valence-corrected chi connectivity index (χ4v) is 6.47. The average Bonchev–Trinajstić information content (AvgIpc) is 3.03. The number of amides is 2. The van der Waals surface area contributed by atoms with Gasteiger partial charge in [-0.25, -0.2) is 0 Å². The van der Waals surface area contributed by atoms with Gasteiger partial charge in [-0.15, -0.1) is 0 Å². The summed E-state index contributed by atoms with van der Waals surface area (Å²) in [5.74, 6) is -0.172. The second kappa shape index (κ2) is 12.1. The van der Waals surface area contributed by atoms with Crippen LogP contribution in [0.2, 0.25) is 0 Å². The van der Waals surface area contributed by atoms with Crippen LogP contribution in [0.15, 0.2) is 107 Å². The van der Waals surface area contributed by atoms with E-state index in [4.69, 9.17) is 0 Å². The van der Waals surface area contributed by atoms with Crippen LogP contribution in [-0.4, -0.2) is 47.8 Å². The molecule has 1 saturated heterocycles. The number of thioether (sulfide) groups is 1. The number of piperazine rings is 1. The minimum Gasteiger partial charge on any atom is -0.368 e. The van der Waals surface area contributed by atoms with Gasteiger partial charge in [0.25, 0.3) is 17.5 Å². The van der Waals surface area contributed by atoms with Crippen molar-refractivity contribution in [3.63, 3.8) is 0 Å². The molecule has 0 bridgehead atoms. The fraction of sp³-hybridized carbons (Fsp3) is 0.176. The summed E-state index contributed by atoms with van der Waals surface area (Å²) in [5.41, 5.74) is 5.32. The van der Waals surface area contributed by atoms with E-state index in [9.17, 15) is 19.7 Å². The number of nitrogens with zero attached hydrogens (tertiary/aromatic N) is 4. The van der Waals surface area contributed by atoms with Crippen molar-refractivity contribution in [3.8, 4) is 0 Å². The zero-order chi connectivity index (χ0) is 29.9. The van der Waals surface area contributed by atoms with Gasteiger partial charge in [0, 0.05) is 54.5 Å². The summed E-state index contributed by atoms with van der Waals surface area (Å²) in [4.78, 5) is 45.4. The molecule has 4 aromatic rings. The lowest BCUT2D eigenvalue weighted by Gasteiger charge is -2.36. The number of hydrogen-bond acceptors (Lipinski definition) is 6. The van der Waals surface area contributed by atoms with E-state index >= 15 is 0 Å². The second-order valence-corrected chi connectivity index (χ2v) is 11.7. The molecule has 216 valence electrons. The van der Waals surface area contributed by atoms with Gasteiger partial charge >= 0.3 is 0 Å². The van der Waals surface area contributed by atoms with Gasteiger partial charge in [-0.2, -0.15) is 0 Å². The Morgan fingerprint density at radius 1 is 0.907 bits per heavy atom. The van der Waals surface area contributed by atoms with E-state index in [1.807, 2.05) is 84.6 Å². The third kappa shape index (κ3) is 6.17. The first kappa shape index (κ1) is 28.2. The summed E-state index contributed by atoms with van der Waals surface area (Å²) in [6, 6.07) is 30.1. The van der Waals surface area contributed by atoms with Crippen molar-refractivity contribution in [2.45, 2.75) is 18.4 Å². The van der Waals surface area contributed by atoms with Crippen molar-refractivity contribution in [2.75, 3.05) is 36.0 Å². The lowest BCUT2D eigenvalue weighted by Crippen LogP contribution is -2.48. The van der Waals surface area contributed by atoms with Crippen molar-refractivity contribution < 1.29 is 14.5 Å². The van der Waals surface area contributed by atoms with Crippen molar-refractivity contribution in [2.24, 2.45) is 0 Å². The van der Waals surface area contributed by atoms with E-state index in [0.29, 0.717) is 43.2 Å². The molecule has 0 unspecified atom stereocenters. The number of carbonyl (C=O) groups is 2. The third-order valence-electron chi connectivity index (χ3n) is 7.69. The Labute approximate surface area is 254 Å². The lowest BCUT2D eigenvalue weighted by atomic mass is 10.1. The van der Waals surface area contributed by atoms with Gasteiger partial charge in [-0.05, 0) is 54.5 Å². The SMILES string of the molecule is Cc1cccc(CN2C(=O)/C(=C/c3ccccc3)Sc3ccc(C(=O)N4CCN(c5ccc([N+](=O)[O-])cc5)CC4)cc32)c1. The monoisotopic (exact) mass is 590 g/mol. The van der Waals surface area contributed by atoms with Crippen LogP contribution in [0.3, 0.4) is 0 Å². The number of benzene rings is 4. The molecule has 0 aliphatic carbocycles. The third-order valence-corrected chi connectivity index (χ3v) is 8.76. The summed E-state index contributed by atoms with van der Waals surface area (Å²) < 4.78 is 0. The van der Waals surface area contributed by atoms with Crippen LogP contribution < -0.4 is 9.80 Å². The lowest BCUT2D eigenvalue weighted by molar-refractivity contribution is -0.384. The van der Waals surface area contributed by atoms with Gasteiger partial charge in [0.15, 0.2) is 0 Å². The van der Waals surface area contributed by atoms with Gasteiger partial charge in [0.1, 0.15) is 0 Å². The Morgan fingerprint density at radius 3 is 2.35 bits per heavy atom. The largest absolute Gasteiger partial charge is 0.368 e. The highest BCUT2D eigenvalue weighted by molar-refractivity contribution is 8.04. The van der Waals surface area contributed by atoms with E-state index in [1.165, 1.54) is 23.9 Å². The van der Waals surface area contributed by atoms with Gasteiger partial charge < -0.3 is 14.7 Å². The molecule has 2 aliphatic heterocycles. The number of non-ortho nitro benzene ring substituents is 1. The normalized spacial score (nSPS) is 15.9. The molecule has 43 heavy (non-hydrogen) atoms. The van der Waals surface area contributed by atoms with E-state index < -0.39 is 4.92 Å². The molecule has 0 aromatic heterocycles. The Hall–Kier alpha value is -4.89. The smallest absolute Gasteiger partial charge is 0.269 e. The summed E-state index contributed by atoms with van der Waals surface area (Å²) in [6.07, 6.45) is 1.92. The summed E-state index contributed by atoms with van der Waals surface area (Å²) in [7, 11) is 0. The van der Waals surface area contributed by atoms with Crippen molar-refractivity contribution >= 4 is 46.7 Å². The Bertz CT molecular complexity index is 1710. The number of rotatable bonds is 6. The minimum absolute atomic E-state index is 0.0562. The molecule has 0 atom stereocenters. The van der Waals surface area contributed by atoms with E-state index in [0.717, 1.165) is 33.0 Å². The fourth-order valence-electron chi connectivity index (χ4n) is 5.43. The molecule has 0 spiro atoms. The molecule has 1 fully saturated rings. The first-order valence-electron chi connectivity index (χ1n) is 14.1. The molecule has 0 saturated carbocycles. The molecular weight excluding hydrogens is 560 g/mol. The van der Waals surface area contributed by atoms with Crippen molar-refractivity contribution in [1.82, 2.24) is 4.90 Å². The molecule has 2 amide bonds. The number of hydrogen-bond donors (Lipinski definition) is 0. The van der Waals surface area contributed by atoms with Gasteiger partial charge in [0.05, 0.1) is 22.1 Å². The van der Waals surface area contributed by atoms with Crippen LogP contribution in [0.4, 0.5) is 17.1 Å². The molecule has 2 heterocycles. The topological polar surface area (TPSA) is 87.0 Å². The van der Waals surface area contributed by atoms with E-state index in [2.05, 4.69) is 11.0 Å². The molecule has 6 rings (SSSR count). The zero-order valence-electron chi connectivity index (χ0n) is 23.7. The number of fused-ring (bicyclic) bond motifs is 1. The number of aryl methyl sites for hydroxylation is 1. The first-order chi connectivity index (χ1) is 20.9. The Kier molecular flexibility index (Phi) is 7.98. The number of anilines is 2. The second-order valence-electron chi connectivity index (χ2n) is 10.6. The van der Waals surface area contributed by atoms with E-state index in [-0.39, 0.29) is 17.5 Å². The van der Waals surface area contributed by atoms with Gasteiger partial charge in [-0.3, -0.25) is 19.7 Å². The van der Waals surface area contributed by atoms with Crippen molar-refractivity contribution in [3.05, 3.63) is 134 Å². The van der Waals surface area contributed by atoms with E-state index in [1.54, 1.807) is 17.0 Å². The maximum Gasteiger partial charge on any atom is 0.269 e. The van der Waals surface area contributed by atoms with Crippen LogP contribution in [-0.2, 0) is 11.3 Å². The highest BCUT2D eigenvalue weighted by Crippen LogP contribution is 2.43. The standard InChI is InChI=1S/C34H30N4O4S/c1-24-6-5-9-26(20-24)23-37-30-22-27(10-15-31(30)43-32(34(37)40)21-25-7-3-2-4-8-25)33(39)36-18-16-35(17-19-36)28-11-13-29(14-12-28)38(41)42/h2-15,20-22H,16-19,23H2,1H3/b32-21-. The number of nitro groups is 1. The van der Waals surface area contributed by atoms with Crippen LogP contribution in [0.5, 0.6) is 0 Å². The Morgan fingerprint density at radius 2 is 1.65 bits per heavy atom. The molecule has 2 aliphatic rings. The highest BCUT2D eigenvalue weighted by atomic mass is 32.2. The molecule has 9 heteroatoms. The predicted molar refractivity (Wildman–Crippen MR) is 170 cm³/mol. The van der Waals surface area contributed by atoms with Crippen LogP contribution in [0, 0.1) is 17.0 Å². The molecule has 0 N–H and O–H groups in total. The van der Waals surface area contributed by atoms with Gasteiger partial charge in [0.2, 0.25) is 0 Å². The quantitative estimate of drug-likeness (QED) is 0.144.